The Morgan fingerprint density at radius 1 is 0.935 bits per heavy atom. The lowest BCUT2D eigenvalue weighted by Gasteiger charge is -2.23. The Balaban J connectivity index is 1.34. The van der Waals surface area contributed by atoms with Crippen LogP contribution < -0.4 is 10.5 Å². The summed E-state index contributed by atoms with van der Waals surface area (Å²) in [7, 11) is -3.71. The smallest absolute Gasteiger partial charge is 0.251 e. The molecule has 0 aromatic heterocycles. The van der Waals surface area contributed by atoms with E-state index in [2.05, 4.69) is 5.32 Å². The first kappa shape index (κ1) is 21.5. The maximum absolute atomic E-state index is 12.9. The number of primary sulfonamides is 1. The second-order valence-corrected chi connectivity index (χ2v) is 9.95. The number of sulfonamides is 1. The van der Waals surface area contributed by atoms with Gasteiger partial charge in [-0.25, -0.2) is 13.6 Å². The molecule has 8 heteroatoms. The van der Waals surface area contributed by atoms with Crippen LogP contribution in [0.4, 0.5) is 0 Å². The number of benzene rings is 2. The van der Waals surface area contributed by atoms with E-state index < -0.39 is 10.0 Å². The highest BCUT2D eigenvalue weighted by molar-refractivity contribution is 7.89. The van der Waals surface area contributed by atoms with E-state index in [1.165, 1.54) is 12.1 Å². The van der Waals surface area contributed by atoms with Crippen molar-refractivity contribution in [1.82, 2.24) is 10.2 Å². The molecule has 3 N–H and O–H groups in total. The van der Waals surface area contributed by atoms with Crippen LogP contribution in [0.25, 0.3) is 0 Å². The number of hydrogen-bond donors (Lipinski definition) is 2. The van der Waals surface area contributed by atoms with Gasteiger partial charge in [-0.2, -0.15) is 0 Å². The van der Waals surface area contributed by atoms with Gasteiger partial charge in [0, 0.05) is 30.6 Å². The van der Waals surface area contributed by atoms with E-state index in [1.807, 2.05) is 29.2 Å². The zero-order valence-corrected chi connectivity index (χ0v) is 18.1. The third kappa shape index (κ3) is 5.92. The van der Waals surface area contributed by atoms with Gasteiger partial charge in [-0.1, -0.05) is 24.3 Å². The van der Waals surface area contributed by atoms with Crippen LogP contribution in [-0.4, -0.2) is 37.2 Å². The Kier molecular flexibility index (Phi) is 6.11. The van der Waals surface area contributed by atoms with Crippen LogP contribution in [0.15, 0.2) is 53.4 Å². The number of nitrogens with zero attached hydrogens (tertiary/aromatic N) is 1. The van der Waals surface area contributed by atoms with Crippen molar-refractivity contribution >= 4 is 21.8 Å². The molecule has 0 atom stereocenters. The molecule has 2 saturated carbocycles. The van der Waals surface area contributed by atoms with Crippen molar-refractivity contribution in [3.05, 3.63) is 65.2 Å². The molecule has 0 bridgehead atoms. The van der Waals surface area contributed by atoms with Gasteiger partial charge in [-0.05, 0) is 67.5 Å². The molecule has 0 unspecified atom stereocenters. The number of nitrogens with two attached hydrogens (primary N) is 1. The molecule has 2 aromatic rings. The van der Waals surface area contributed by atoms with Gasteiger partial charge in [0.15, 0.2) is 0 Å². The molecule has 0 radical (unpaired) electrons. The molecule has 7 nitrogen and oxygen atoms in total. The summed E-state index contributed by atoms with van der Waals surface area (Å²) in [4.78, 5) is 27.0. The quantitative estimate of drug-likeness (QED) is 0.622. The second-order valence-electron chi connectivity index (χ2n) is 8.39. The van der Waals surface area contributed by atoms with E-state index in [1.54, 1.807) is 12.1 Å². The van der Waals surface area contributed by atoms with Crippen molar-refractivity contribution < 1.29 is 18.0 Å². The first-order valence-corrected chi connectivity index (χ1v) is 12.2. The first-order chi connectivity index (χ1) is 14.8. The molecule has 2 aliphatic rings. The number of amides is 2. The summed E-state index contributed by atoms with van der Waals surface area (Å²) in [5.41, 5.74) is 2.53. The molecular weight excluding hydrogens is 414 g/mol. The van der Waals surface area contributed by atoms with Crippen LogP contribution in [0.1, 0.15) is 53.6 Å². The van der Waals surface area contributed by atoms with Crippen LogP contribution in [0.5, 0.6) is 0 Å². The van der Waals surface area contributed by atoms with Crippen molar-refractivity contribution in [1.29, 1.82) is 0 Å². The predicted molar refractivity (Wildman–Crippen MR) is 117 cm³/mol. The van der Waals surface area contributed by atoms with Crippen molar-refractivity contribution in [2.75, 3.05) is 0 Å². The highest BCUT2D eigenvalue weighted by Gasteiger charge is 2.32. The van der Waals surface area contributed by atoms with Gasteiger partial charge in [-0.3, -0.25) is 9.59 Å². The third-order valence-electron chi connectivity index (χ3n) is 5.67. The predicted octanol–water partition coefficient (Wildman–Crippen LogP) is 2.35. The van der Waals surface area contributed by atoms with E-state index in [0.717, 1.165) is 36.8 Å². The van der Waals surface area contributed by atoms with Gasteiger partial charge >= 0.3 is 0 Å². The Hall–Kier alpha value is -2.71. The fraction of sp³-hybridized carbons (Fsp3) is 0.391. The zero-order valence-electron chi connectivity index (χ0n) is 17.3. The summed E-state index contributed by atoms with van der Waals surface area (Å²) in [6.07, 6.45) is 5.02. The summed E-state index contributed by atoms with van der Waals surface area (Å²) < 4.78 is 22.7. The van der Waals surface area contributed by atoms with Crippen LogP contribution in [0, 0.1) is 0 Å². The summed E-state index contributed by atoms with van der Waals surface area (Å²) in [6.45, 7) is 0.526. The van der Waals surface area contributed by atoms with Crippen molar-refractivity contribution in [3.8, 4) is 0 Å². The number of nitrogens with one attached hydrogen (secondary N) is 1. The molecule has 2 fully saturated rings. The molecule has 31 heavy (non-hydrogen) atoms. The number of aryl methyl sites for hydroxylation is 1. The van der Waals surface area contributed by atoms with E-state index >= 15 is 0 Å². The van der Waals surface area contributed by atoms with Crippen molar-refractivity contribution in [2.45, 2.75) is 62.0 Å². The van der Waals surface area contributed by atoms with Crippen molar-refractivity contribution in [2.24, 2.45) is 5.14 Å². The minimum absolute atomic E-state index is 0.0439. The lowest BCUT2D eigenvalue weighted by molar-refractivity contribution is -0.132. The average molecular weight is 442 g/mol. The highest BCUT2D eigenvalue weighted by atomic mass is 32.2. The molecule has 0 heterocycles. The Morgan fingerprint density at radius 2 is 1.55 bits per heavy atom. The minimum atomic E-state index is -3.71. The van der Waals surface area contributed by atoms with Gasteiger partial charge in [0.05, 0.1) is 4.90 Å². The van der Waals surface area contributed by atoms with E-state index in [-0.39, 0.29) is 22.8 Å². The summed E-state index contributed by atoms with van der Waals surface area (Å²) in [5.74, 6) is 0.0335. The third-order valence-corrected chi connectivity index (χ3v) is 6.60. The van der Waals surface area contributed by atoms with Gasteiger partial charge in [0.25, 0.3) is 5.91 Å². The molecule has 2 aromatic carbocycles. The number of carbonyl (C=O) groups excluding carboxylic acids is 2. The van der Waals surface area contributed by atoms with E-state index in [0.29, 0.717) is 31.0 Å². The van der Waals surface area contributed by atoms with Gasteiger partial charge in [0.1, 0.15) is 0 Å². The summed E-state index contributed by atoms with van der Waals surface area (Å²) >= 11 is 0. The lowest BCUT2D eigenvalue weighted by Crippen LogP contribution is -2.32. The summed E-state index contributed by atoms with van der Waals surface area (Å²) in [6, 6.07) is 14.4. The standard InChI is InChI=1S/C23H27N3O4S/c24-31(29,30)21-12-3-16(4-13-21)5-14-22(27)26(20-10-11-20)15-17-1-6-18(7-2-17)23(28)25-19-8-9-19/h1-4,6-7,12-13,19-20H,5,8-11,14-15H2,(H,25,28)(H2,24,29,30). The van der Waals surface area contributed by atoms with Crippen LogP contribution >= 0.6 is 0 Å². The average Bonchev–Trinajstić information content (AvgIpc) is 3.65. The monoisotopic (exact) mass is 441 g/mol. The first-order valence-electron chi connectivity index (χ1n) is 10.6. The van der Waals surface area contributed by atoms with E-state index in [9.17, 15) is 18.0 Å². The van der Waals surface area contributed by atoms with Gasteiger partial charge in [-0.15, -0.1) is 0 Å². The van der Waals surface area contributed by atoms with Crippen molar-refractivity contribution in [3.63, 3.8) is 0 Å². The lowest BCUT2D eigenvalue weighted by atomic mass is 10.1. The SMILES string of the molecule is NS(=O)(=O)c1ccc(CCC(=O)N(Cc2ccc(C(=O)NC3CC3)cc2)C2CC2)cc1. The molecule has 2 aliphatic carbocycles. The molecule has 0 aliphatic heterocycles. The largest absolute Gasteiger partial charge is 0.349 e. The van der Waals surface area contributed by atoms with Crippen LogP contribution in [0.2, 0.25) is 0 Å². The molecule has 2 amide bonds. The maximum atomic E-state index is 12.9. The molecule has 164 valence electrons. The van der Waals surface area contributed by atoms with E-state index in [4.69, 9.17) is 5.14 Å². The molecule has 4 rings (SSSR count). The number of rotatable bonds is 9. The molecule has 0 spiro atoms. The fourth-order valence-corrected chi connectivity index (χ4v) is 4.02. The molecular formula is C23H27N3O4S. The topological polar surface area (TPSA) is 110 Å². The Bertz CT molecular complexity index is 1060. The second kappa shape index (κ2) is 8.80. The van der Waals surface area contributed by atoms with Crippen LogP contribution in [-0.2, 0) is 27.8 Å². The minimum Gasteiger partial charge on any atom is -0.349 e. The molecule has 0 saturated heterocycles. The Labute approximate surface area is 182 Å². The van der Waals surface area contributed by atoms with Crippen LogP contribution in [0.3, 0.4) is 0 Å². The summed E-state index contributed by atoms with van der Waals surface area (Å²) in [5, 5.41) is 8.10. The number of hydrogen-bond acceptors (Lipinski definition) is 4. The Morgan fingerprint density at radius 3 is 2.10 bits per heavy atom. The van der Waals surface area contributed by atoms with Gasteiger partial charge < -0.3 is 10.2 Å². The normalized spacial score (nSPS) is 16.0. The fourth-order valence-electron chi connectivity index (χ4n) is 3.50. The zero-order chi connectivity index (χ0) is 22.0. The van der Waals surface area contributed by atoms with Gasteiger partial charge in [0.2, 0.25) is 15.9 Å². The number of carbonyl (C=O) groups is 2. The highest BCUT2D eigenvalue weighted by Crippen LogP contribution is 2.29. The maximum Gasteiger partial charge on any atom is 0.251 e.